The highest BCUT2D eigenvalue weighted by molar-refractivity contribution is 7.90. The van der Waals surface area contributed by atoms with Crippen molar-refractivity contribution in [3.8, 4) is 0 Å². The highest BCUT2D eigenvalue weighted by Crippen LogP contribution is 2.23. The quantitative estimate of drug-likeness (QED) is 0.647. The van der Waals surface area contributed by atoms with Crippen LogP contribution in [-0.2, 0) is 17.6 Å². The van der Waals surface area contributed by atoms with Crippen molar-refractivity contribution in [1.29, 1.82) is 0 Å². The summed E-state index contributed by atoms with van der Waals surface area (Å²) in [6, 6.07) is 5.97. The summed E-state index contributed by atoms with van der Waals surface area (Å²) in [6.45, 7) is 2.84. The molecule has 1 aromatic rings. The van der Waals surface area contributed by atoms with E-state index in [1.165, 1.54) is 11.1 Å². The first-order valence-corrected chi connectivity index (χ1v) is 6.22. The van der Waals surface area contributed by atoms with Crippen LogP contribution in [0.1, 0.15) is 18.1 Å². The second-order valence-corrected chi connectivity index (χ2v) is 4.80. The summed E-state index contributed by atoms with van der Waals surface area (Å²) < 4.78 is 11.5. The van der Waals surface area contributed by atoms with Crippen molar-refractivity contribution in [2.75, 3.05) is 12.8 Å². The third kappa shape index (κ3) is 1.57. The van der Waals surface area contributed by atoms with E-state index in [0.29, 0.717) is 0 Å². The van der Waals surface area contributed by atoms with Crippen LogP contribution >= 0.6 is 0 Å². The van der Waals surface area contributed by atoms with Crippen molar-refractivity contribution in [1.82, 2.24) is 0 Å². The van der Waals surface area contributed by atoms with Crippen molar-refractivity contribution in [3.05, 3.63) is 29.3 Å². The Labute approximate surface area is 87.2 Å². The Hall–Kier alpha value is -0.800. The fourth-order valence-electron chi connectivity index (χ4n) is 1.85. The SMILES string of the molecule is CC1=NCCc2c1cccc2[S+](C)[O-]. The maximum absolute atomic E-state index is 11.5. The van der Waals surface area contributed by atoms with Crippen LogP contribution in [0.25, 0.3) is 0 Å². The third-order valence-electron chi connectivity index (χ3n) is 2.54. The monoisotopic (exact) mass is 207 g/mol. The highest BCUT2D eigenvalue weighted by Gasteiger charge is 2.18. The molecule has 0 spiro atoms. The van der Waals surface area contributed by atoms with Crippen LogP contribution < -0.4 is 0 Å². The average Bonchev–Trinajstić information content (AvgIpc) is 2.17. The van der Waals surface area contributed by atoms with E-state index in [1.807, 2.05) is 19.1 Å². The van der Waals surface area contributed by atoms with Gasteiger partial charge in [0.05, 0.1) is 0 Å². The lowest BCUT2D eigenvalue weighted by molar-refractivity contribution is 0.599. The van der Waals surface area contributed by atoms with E-state index in [1.54, 1.807) is 6.26 Å². The van der Waals surface area contributed by atoms with Crippen molar-refractivity contribution >= 4 is 16.9 Å². The Morgan fingerprint density at radius 3 is 2.93 bits per heavy atom. The van der Waals surface area contributed by atoms with Gasteiger partial charge in [-0.3, -0.25) is 4.99 Å². The molecule has 0 saturated heterocycles. The summed E-state index contributed by atoms with van der Waals surface area (Å²) in [5.41, 5.74) is 3.46. The fraction of sp³-hybridized carbons (Fsp3) is 0.364. The molecule has 0 N–H and O–H groups in total. The second-order valence-electron chi connectivity index (χ2n) is 3.45. The number of rotatable bonds is 1. The van der Waals surface area contributed by atoms with E-state index in [4.69, 9.17) is 0 Å². The molecule has 0 amide bonds. The number of nitrogens with zero attached hydrogens (tertiary/aromatic N) is 1. The van der Waals surface area contributed by atoms with Gasteiger partial charge in [-0.25, -0.2) is 0 Å². The average molecular weight is 207 g/mol. The zero-order valence-corrected chi connectivity index (χ0v) is 9.23. The lowest BCUT2D eigenvalue weighted by atomic mass is 9.98. The molecule has 0 fully saturated rings. The Morgan fingerprint density at radius 1 is 1.43 bits per heavy atom. The van der Waals surface area contributed by atoms with E-state index in [9.17, 15) is 4.55 Å². The molecule has 1 atom stereocenters. The molecule has 0 bridgehead atoms. The molecule has 14 heavy (non-hydrogen) atoms. The van der Waals surface area contributed by atoms with E-state index in [0.717, 1.165) is 23.6 Å². The smallest absolute Gasteiger partial charge is 0.156 e. The van der Waals surface area contributed by atoms with E-state index in [-0.39, 0.29) is 0 Å². The maximum Gasteiger partial charge on any atom is 0.156 e. The maximum atomic E-state index is 11.5. The molecular weight excluding hydrogens is 194 g/mol. The molecule has 1 aromatic carbocycles. The van der Waals surface area contributed by atoms with Crippen molar-refractivity contribution < 1.29 is 4.55 Å². The first kappa shape index (κ1) is 9.74. The lowest BCUT2D eigenvalue weighted by Gasteiger charge is -2.17. The molecular formula is C11H13NOS. The topological polar surface area (TPSA) is 35.4 Å². The van der Waals surface area contributed by atoms with Crippen LogP contribution in [0.3, 0.4) is 0 Å². The van der Waals surface area contributed by atoms with Crippen LogP contribution in [0.5, 0.6) is 0 Å². The van der Waals surface area contributed by atoms with Crippen LogP contribution in [0, 0.1) is 0 Å². The molecule has 0 radical (unpaired) electrons. The molecule has 2 rings (SSSR count). The minimum atomic E-state index is -0.888. The summed E-state index contributed by atoms with van der Waals surface area (Å²) in [4.78, 5) is 5.36. The first-order valence-electron chi connectivity index (χ1n) is 4.67. The van der Waals surface area contributed by atoms with Gasteiger partial charge in [0.25, 0.3) is 0 Å². The molecule has 74 valence electrons. The summed E-state index contributed by atoms with van der Waals surface area (Å²) >= 11 is -0.888. The van der Waals surface area contributed by atoms with Gasteiger partial charge in [-0.2, -0.15) is 0 Å². The normalized spacial score (nSPS) is 17.2. The van der Waals surface area contributed by atoms with Crippen molar-refractivity contribution in [2.24, 2.45) is 4.99 Å². The zero-order chi connectivity index (χ0) is 10.1. The highest BCUT2D eigenvalue weighted by atomic mass is 32.2. The molecule has 0 aliphatic carbocycles. The van der Waals surface area contributed by atoms with E-state index < -0.39 is 11.2 Å². The van der Waals surface area contributed by atoms with Gasteiger partial charge < -0.3 is 4.55 Å². The molecule has 2 nitrogen and oxygen atoms in total. The molecule has 1 unspecified atom stereocenters. The van der Waals surface area contributed by atoms with Gasteiger partial charge in [0.2, 0.25) is 0 Å². The summed E-state index contributed by atoms with van der Waals surface area (Å²) in [5, 5.41) is 0. The number of hydrogen-bond acceptors (Lipinski definition) is 2. The Balaban J connectivity index is 2.57. The van der Waals surface area contributed by atoms with Gasteiger partial charge in [0, 0.05) is 23.4 Å². The molecule has 1 aliphatic rings. The predicted molar refractivity (Wildman–Crippen MR) is 59.6 cm³/mol. The number of aliphatic imine (C=N–C) groups is 1. The third-order valence-corrected chi connectivity index (χ3v) is 3.55. The number of fused-ring (bicyclic) bond motifs is 1. The fourth-order valence-corrected chi connectivity index (χ4v) is 2.68. The van der Waals surface area contributed by atoms with Gasteiger partial charge >= 0.3 is 0 Å². The van der Waals surface area contributed by atoms with E-state index in [2.05, 4.69) is 11.1 Å². The lowest BCUT2D eigenvalue weighted by Crippen LogP contribution is -2.14. The molecule has 1 heterocycles. The Bertz CT molecular complexity index is 385. The first-order chi connectivity index (χ1) is 6.70. The standard InChI is InChI=1S/C11H13NOS/c1-8-9-4-3-5-11(14(2)13)10(9)6-7-12-8/h3-5H,6-7H2,1-2H3. The molecule has 0 saturated carbocycles. The Kier molecular flexibility index (Phi) is 2.61. The summed E-state index contributed by atoms with van der Waals surface area (Å²) in [5.74, 6) is 0. The van der Waals surface area contributed by atoms with E-state index >= 15 is 0 Å². The predicted octanol–water partition coefficient (Wildman–Crippen LogP) is 1.79. The molecule has 1 aliphatic heterocycles. The van der Waals surface area contributed by atoms with Crippen molar-refractivity contribution in [3.63, 3.8) is 0 Å². The molecule has 3 heteroatoms. The second kappa shape index (κ2) is 3.75. The van der Waals surface area contributed by atoms with Crippen LogP contribution in [0.4, 0.5) is 0 Å². The van der Waals surface area contributed by atoms with Crippen LogP contribution in [0.2, 0.25) is 0 Å². The van der Waals surface area contributed by atoms with Gasteiger partial charge in [-0.1, -0.05) is 12.1 Å². The number of hydrogen-bond donors (Lipinski definition) is 0. The Morgan fingerprint density at radius 2 is 2.21 bits per heavy atom. The summed E-state index contributed by atoms with van der Waals surface area (Å²) in [6.07, 6.45) is 2.65. The van der Waals surface area contributed by atoms with Crippen molar-refractivity contribution in [2.45, 2.75) is 18.2 Å². The summed E-state index contributed by atoms with van der Waals surface area (Å²) in [7, 11) is 0. The number of benzene rings is 1. The minimum absolute atomic E-state index is 0.826. The zero-order valence-electron chi connectivity index (χ0n) is 8.41. The van der Waals surface area contributed by atoms with Gasteiger partial charge in [0.15, 0.2) is 4.90 Å². The van der Waals surface area contributed by atoms with Crippen LogP contribution in [0.15, 0.2) is 28.1 Å². The molecule has 0 aromatic heterocycles. The van der Waals surface area contributed by atoms with Gasteiger partial charge in [0.1, 0.15) is 6.26 Å². The van der Waals surface area contributed by atoms with Crippen LogP contribution in [-0.4, -0.2) is 23.1 Å². The minimum Gasteiger partial charge on any atom is -0.612 e. The van der Waals surface area contributed by atoms with Gasteiger partial charge in [-0.15, -0.1) is 0 Å². The van der Waals surface area contributed by atoms with Gasteiger partial charge in [-0.05, 0) is 30.6 Å². The largest absolute Gasteiger partial charge is 0.612 e.